The Morgan fingerprint density at radius 3 is 2.54 bits per heavy atom. The minimum absolute atomic E-state index is 0.177. The number of likely N-dealkylation sites (N-methyl/N-ethyl adjacent to an activating group) is 1. The summed E-state index contributed by atoms with van der Waals surface area (Å²) in [5.41, 5.74) is 3.01. The van der Waals surface area contributed by atoms with Gasteiger partial charge in [-0.05, 0) is 72.6 Å². The molecule has 9 heteroatoms. The van der Waals surface area contributed by atoms with Crippen molar-refractivity contribution < 1.29 is 24.2 Å². The summed E-state index contributed by atoms with van der Waals surface area (Å²) in [4.78, 5) is 31.0. The van der Waals surface area contributed by atoms with Crippen LogP contribution in [0.5, 0.6) is 11.5 Å². The highest BCUT2D eigenvalue weighted by molar-refractivity contribution is 9.10. The Morgan fingerprint density at radius 2 is 1.84 bits per heavy atom. The lowest BCUT2D eigenvalue weighted by Crippen LogP contribution is -2.23. The maximum Gasteiger partial charge on any atom is 0.336 e. The van der Waals surface area contributed by atoms with E-state index in [0.29, 0.717) is 46.0 Å². The normalized spacial score (nSPS) is 15.5. The third kappa shape index (κ3) is 6.06. The van der Waals surface area contributed by atoms with Gasteiger partial charge in [-0.15, -0.1) is 0 Å². The van der Waals surface area contributed by atoms with Crippen LogP contribution in [-0.4, -0.2) is 40.7 Å². The Morgan fingerprint density at radius 1 is 1.11 bits per heavy atom. The largest absolute Gasteiger partial charge is 0.490 e. The van der Waals surface area contributed by atoms with E-state index >= 15 is 0 Å². The van der Waals surface area contributed by atoms with Gasteiger partial charge in [-0.2, -0.15) is 0 Å². The van der Waals surface area contributed by atoms with Gasteiger partial charge in [0.15, 0.2) is 16.7 Å². The van der Waals surface area contributed by atoms with Crippen LogP contribution in [0.2, 0.25) is 0 Å². The zero-order chi connectivity index (χ0) is 26.5. The van der Waals surface area contributed by atoms with Crippen LogP contribution in [-0.2, 0) is 11.4 Å². The molecule has 1 saturated heterocycles. The molecule has 0 saturated carbocycles. The predicted molar refractivity (Wildman–Crippen MR) is 150 cm³/mol. The van der Waals surface area contributed by atoms with E-state index in [1.807, 2.05) is 49.4 Å². The van der Waals surface area contributed by atoms with E-state index in [4.69, 9.17) is 9.47 Å². The number of carbonyl (C=O) groups excluding carboxylic acids is 1. The molecule has 3 aromatic rings. The van der Waals surface area contributed by atoms with Gasteiger partial charge in [0.05, 0.1) is 22.8 Å². The lowest BCUT2D eigenvalue weighted by atomic mass is 10.1. The summed E-state index contributed by atoms with van der Waals surface area (Å²) < 4.78 is 12.6. The van der Waals surface area contributed by atoms with Gasteiger partial charge in [-0.25, -0.2) is 9.79 Å². The minimum Gasteiger partial charge on any atom is -0.490 e. The number of amides is 1. The Kier molecular flexibility index (Phi) is 8.35. The number of ether oxygens (including phenoxy) is 2. The van der Waals surface area contributed by atoms with Crippen molar-refractivity contribution in [3.8, 4) is 11.5 Å². The predicted octanol–water partition coefficient (Wildman–Crippen LogP) is 6.67. The molecule has 4 rings (SSSR count). The first-order chi connectivity index (χ1) is 17.8. The van der Waals surface area contributed by atoms with Gasteiger partial charge in [-0.1, -0.05) is 52.3 Å². The van der Waals surface area contributed by atoms with Crippen molar-refractivity contribution >= 4 is 56.5 Å². The van der Waals surface area contributed by atoms with E-state index < -0.39 is 5.97 Å². The molecule has 0 aromatic heterocycles. The number of carboxylic acid groups (broad SMARTS) is 1. The number of rotatable bonds is 8. The van der Waals surface area contributed by atoms with Crippen LogP contribution < -0.4 is 9.47 Å². The number of nitrogens with zero attached hydrogens (tertiary/aromatic N) is 2. The minimum atomic E-state index is -1.02. The highest BCUT2D eigenvalue weighted by Crippen LogP contribution is 2.39. The highest BCUT2D eigenvalue weighted by Gasteiger charge is 2.31. The van der Waals surface area contributed by atoms with E-state index in [9.17, 15) is 14.7 Å². The molecule has 190 valence electrons. The molecule has 1 heterocycles. The van der Waals surface area contributed by atoms with Crippen molar-refractivity contribution in [3.05, 3.63) is 92.3 Å². The summed E-state index contributed by atoms with van der Waals surface area (Å²) in [5, 5.41) is 9.86. The lowest BCUT2D eigenvalue weighted by molar-refractivity contribution is -0.121. The van der Waals surface area contributed by atoms with E-state index in [-0.39, 0.29) is 11.5 Å². The lowest BCUT2D eigenvalue weighted by Gasteiger charge is -2.14. The summed E-state index contributed by atoms with van der Waals surface area (Å²) in [6.45, 7) is 4.46. The molecule has 0 atom stereocenters. The summed E-state index contributed by atoms with van der Waals surface area (Å²) in [7, 11) is 1.65. The number of aromatic carboxylic acids is 1. The quantitative estimate of drug-likeness (QED) is 0.299. The molecule has 1 N–H and O–H groups in total. The monoisotopic (exact) mass is 580 g/mol. The molecule has 1 amide bonds. The molecular formula is C28H25BrN2O5S. The van der Waals surface area contributed by atoms with Gasteiger partial charge in [-0.3, -0.25) is 9.69 Å². The van der Waals surface area contributed by atoms with Crippen LogP contribution in [0.25, 0.3) is 6.08 Å². The molecule has 1 aliphatic heterocycles. The fourth-order valence-corrected chi connectivity index (χ4v) is 5.06. The van der Waals surface area contributed by atoms with Crippen molar-refractivity contribution in [2.24, 2.45) is 4.99 Å². The SMILES string of the molecule is CCOc1cc(/C=C2\SC(=Nc3cccc(C(=O)O)c3C)N(C)C2=O)c(Br)cc1OCc1ccccc1. The molecule has 1 aliphatic rings. The second-order valence-corrected chi connectivity index (χ2v) is 10.0. The van der Waals surface area contributed by atoms with Gasteiger partial charge in [0.2, 0.25) is 0 Å². The van der Waals surface area contributed by atoms with Crippen LogP contribution in [0.1, 0.15) is 34.0 Å². The first kappa shape index (κ1) is 26.5. The molecule has 1 fully saturated rings. The van der Waals surface area contributed by atoms with Crippen molar-refractivity contribution in [2.75, 3.05) is 13.7 Å². The third-order valence-electron chi connectivity index (χ3n) is 5.64. The first-order valence-electron chi connectivity index (χ1n) is 11.5. The Hall–Kier alpha value is -3.56. The number of carbonyl (C=O) groups is 2. The second kappa shape index (κ2) is 11.7. The zero-order valence-electron chi connectivity index (χ0n) is 20.5. The zero-order valence-corrected chi connectivity index (χ0v) is 22.9. The fraction of sp³-hybridized carbons (Fsp3) is 0.179. The smallest absolute Gasteiger partial charge is 0.336 e. The summed E-state index contributed by atoms with van der Waals surface area (Å²) in [6, 6.07) is 18.4. The molecular weight excluding hydrogens is 556 g/mol. The van der Waals surface area contributed by atoms with Gasteiger partial charge in [0.1, 0.15) is 6.61 Å². The maximum atomic E-state index is 13.0. The number of hydrogen-bond donors (Lipinski definition) is 1. The van der Waals surface area contributed by atoms with Gasteiger partial charge < -0.3 is 14.6 Å². The van der Waals surface area contributed by atoms with Crippen LogP contribution in [0.3, 0.4) is 0 Å². The van der Waals surface area contributed by atoms with E-state index in [2.05, 4.69) is 20.9 Å². The molecule has 3 aromatic carbocycles. The third-order valence-corrected chi connectivity index (χ3v) is 7.39. The topological polar surface area (TPSA) is 88.4 Å². The number of hydrogen-bond acceptors (Lipinski definition) is 6. The molecule has 0 spiro atoms. The average molecular weight is 581 g/mol. The standard InChI is InChI=1S/C28H25BrN2O5S/c1-4-35-23-13-19(21(29)15-24(23)36-16-18-9-6-5-7-10-18)14-25-26(32)31(3)28(37-25)30-22-12-8-11-20(17(22)2)27(33)34/h5-15H,4,16H2,1-3H3,(H,33,34)/b25-14-,30-28?. The molecule has 0 aliphatic carbocycles. The number of halogens is 1. The van der Waals surface area contributed by atoms with Crippen molar-refractivity contribution in [3.63, 3.8) is 0 Å². The Labute approximate surface area is 227 Å². The first-order valence-corrected chi connectivity index (χ1v) is 13.1. The fourth-order valence-electron chi connectivity index (χ4n) is 3.65. The molecule has 7 nitrogen and oxygen atoms in total. The Balaban J connectivity index is 1.62. The molecule has 0 bridgehead atoms. The number of amidine groups is 1. The van der Waals surface area contributed by atoms with Crippen LogP contribution in [0.4, 0.5) is 5.69 Å². The molecule has 37 heavy (non-hydrogen) atoms. The number of carboxylic acids is 1. The maximum absolute atomic E-state index is 13.0. The van der Waals surface area contributed by atoms with Gasteiger partial charge in [0, 0.05) is 11.5 Å². The van der Waals surface area contributed by atoms with Crippen molar-refractivity contribution in [1.82, 2.24) is 4.90 Å². The average Bonchev–Trinajstić information content (AvgIpc) is 3.14. The second-order valence-electron chi connectivity index (χ2n) is 8.15. The number of thioether (sulfide) groups is 1. The Bertz CT molecular complexity index is 1410. The van der Waals surface area contributed by atoms with Gasteiger partial charge in [0.25, 0.3) is 5.91 Å². The van der Waals surface area contributed by atoms with Crippen LogP contribution in [0.15, 0.2) is 75.0 Å². The number of benzene rings is 3. The van der Waals surface area contributed by atoms with Crippen LogP contribution >= 0.6 is 27.7 Å². The van der Waals surface area contributed by atoms with Gasteiger partial charge >= 0.3 is 5.97 Å². The summed E-state index contributed by atoms with van der Waals surface area (Å²) >= 11 is 4.83. The van der Waals surface area contributed by atoms with Crippen molar-refractivity contribution in [1.29, 1.82) is 0 Å². The van der Waals surface area contributed by atoms with E-state index in [1.54, 1.807) is 32.2 Å². The molecule has 0 radical (unpaired) electrons. The van der Waals surface area contributed by atoms with Crippen LogP contribution in [0, 0.1) is 6.92 Å². The highest BCUT2D eigenvalue weighted by atomic mass is 79.9. The summed E-state index contributed by atoms with van der Waals surface area (Å²) in [6.07, 6.45) is 1.78. The number of aliphatic imine (C=N–C) groups is 1. The summed E-state index contributed by atoms with van der Waals surface area (Å²) in [5.74, 6) is -0.0505. The van der Waals surface area contributed by atoms with E-state index in [1.165, 1.54) is 22.7 Å². The van der Waals surface area contributed by atoms with Crippen molar-refractivity contribution in [2.45, 2.75) is 20.5 Å². The van der Waals surface area contributed by atoms with E-state index in [0.717, 1.165) is 15.6 Å². The molecule has 0 unspecified atom stereocenters.